The van der Waals surface area contributed by atoms with E-state index in [0.717, 1.165) is 0 Å². The Kier molecular flexibility index (Phi) is 5.19. The first-order valence-electron chi connectivity index (χ1n) is 9.14. The van der Waals surface area contributed by atoms with Gasteiger partial charge in [-0.05, 0) is 24.3 Å². The number of carbonyl (C=O) groups is 1. The fourth-order valence-corrected chi connectivity index (χ4v) is 3.19. The van der Waals surface area contributed by atoms with Crippen molar-refractivity contribution in [2.24, 2.45) is 0 Å². The van der Waals surface area contributed by atoms with E-state index >= 15 is 0 Å². The number of nitro benzene ring substituents is 1. The number of esters is 1. The lowest BCUT2D eigenvalue weighted by Crippen LogP contribution is -2.11. The monoisotopic (exact) mass is 417 g/mol. The molecule has 0 fully saturated rings. The summed E-state index contributed by atoms with van der Waals surface area (Å²) >= 11 is 0. The van der Waals surface area contributed by atoms with Gasteiger partial charge in [0, 0.05) is 17.7 Å². The lowest BCUT2D eigenvalue weighted by atomic mass is 10.0. The highest BCUT2D eigenvalue weighted by Gasteiger charge is 2.21. The summed E-state index contributed by atoms with van der Waals surface area (Å²) in [6, 6.07) is 16.8. The molecule has 0 aliphatic carbocycles. The van der Waals surface area contributed by atoms with Crippen molar-refractivity contribution >= 4 is 22.6 Å². The van der Waals surface area contributed by atoms with Crippen LogP contribution in [0.25, 0.3) is 22.1 Å². The van der Waals surface area contributed by atoms with Gasteiger partial charge in [-0.15, -0.1) is 0 Å². The van der Waals surface area contributed by atoms with E-state index in [2.05, 4.69) is 0 Å². The fourth-order valence-electron chi connectivity index (χ4n) is 3.19. The molecule has 4 aromatic rings. The minimum absolute atomic E-state index is 0.0869. The van der Waals surface area contributed by atoms with Crippen LogP contribution in [0.1, 0.15) is 10.4 Å². The molecule has 8 heteroatoms. The number of methoxy groups -OCH3 is 1. The van der Waals surface area contributed by atoms with Gasteiger partial charge in [0.05, 0.1) is 23.0 Å². The van der Waals surface area contributed by atoms with E-state index < -0.39 is 10.9 Å². The Balaban J connectivity index is 1.69. The Hall–Kier alpha value is -4.46. The molecular weight excluding hydrogens is 402 g/mol. The van der Waals surface area contributed by atoms with Crippen molar-refractivity contribution in [3.63, 3.8) is 0 Å². The maximum Gasteiger partial charge on any atom is 0.350 e. The average Bonchev–Trinajstić information content (AvgIpc) is 2.79. The van der Waals surface area contributed by atoms with Crippen LogP contribution >= 0.6 is 0 Å². The summed E-state index contributed by atoms with van der Waals surface area (Å²) in [6.45, 7) is 0. The van der Waals surface area contributed by atoms with Crippen molar-refractivity contribution in [1.82, 2.24) is 0 Å². The first kappa shape index (κ1) is 19.8. The van der Waals surface area contributed by atoms with Crippen LogP contribution in [-0.2, 0) is 0 Å². The highest BCUT2D eigenvalue weighted by molar-refractivity contribution is 5.95. The Bertz CT molecular complexity index is 1370. The van der Waals surface area contributed by atoms with E-state index in [4.69, 9.17) is 13.9 Å². The van der Waals surface area contributed by atoms with Crippen molar-refractivity contribution in [3.8, 4) is 22.6 Å². The lowest BCUT2D eigenvalue weighted by Gasteiger charge is -2.09. The highest BCUT2D eigenvalue weighted by atomic mass is 16.6. The van der Waals surface area contributed by atoms with Crippen LogP contribution in [0.5, 0.6) is 11.5 Å². The molecule has 3 aromatic carbocycles. The van der Waals surface area contributed by atoms with Crippen molar-refractivity contribution in [2.45, 2.75) is 0 Å². The van der Waals surface area contributed by atoms with E-state index in [-0.39, 0.29) is 33.4 Å². The lowest BCUT2D eigenvalue weighted by molar-refractivity contribution is -0.385. The van der Waals surface area contributed by atoms with Crippen molar-refractivity contribution in [2.75, 3.05) is 7.11 Å². The molecule has 31 heavy (non-hydrogen) atoms. The summed E-state index contributed by atoms with van der Waals surface area (Å²) < 4.78 is 16.2. The van der Waals surface area contributed by atoms with E-state index in [9.17, 15) is 19.7 Å². The molecule has 4 rings (SSSR count). The highest BCUT2D eigenvalue weighted by Crippen LogP contribution is 2.30. The zero-order valence-corrected chi connectivity index (χ0v) is 16.2. The van der Waals surface area contributed by atoms with Crippen molar-refractivity contribution in [3.05, 3.63) is 98.9 Å². The quantitative estimate of drug-likeness (QED) is 0.202. The van der Waals surface area contributed by atoms with E-state index in [1.54, 1.807) is 24.3 Å². The van der Waals surface area contributed by atoms with Crippen molar-refractivity contribution in [1.29, 1.82) is 0 Å². The van der Waals surface area contributed by atoms with Crippen LogP contribution in [-0.4, -0.2) is 18.0 Å². The van der Waals surface area contributed by atoms with Gasteiger partial charge >= 0.3 is 5.97 Å². The number of benzene rings is 3. The van der Waals surface area contributed by atoms with Gasteiger partial charge in [0.25, 0.3) is 5.69 Å². The number of para-hydroxylation sites is 2. The molecule has 0 bridgehead atoms. The van der Waals surface area contributed by atoms with Crippen LogP contribution in [0.3, 0.4) is 0 Å². The summed E-state index contributed by atoms with van der Waals surface area (Å²) in [5, 5.41) is 11.4. The Morgan fingerprint density at radius 1 is 1.00 bits per heavy atom. The zero-order chi connectivity index (χ0) is 22.0. The summed E-state index contributed by atoms with van der Waals surface area (Å²) in [4.78, 5) is 35.9. The van der Waals surface area contributed by atoms with E-state index in [0.29, 0.717) is 16.9 Å². The standard InChI is InChI=1S/C23H15NO7/c1-29-20-9-5-3-6-15(20)18-13-30-21-12-14(10-11-17(21)22(18)25)31-23(26)16-7-2-4-8-19(16)24(27)28/h2-13H,1H3. The maximum atomic E-state index is 13.0. The SMILES string of the molecule is COc1ccccc1-c1coc2cc(OC(=O)c3ccccc3[N+](=O)[O-])ccc2c1=O. The molecule has 0 aliphatic rings. The number of hydrogen-bond acceptors (Lipinski definition) is 7. The van der Waals surface area contributed by atoms with Gasteiger partial charge in [-0.2, -0.15) is 0 Å². The number of ether oxygens (including phenoxy) is 2. The summed E-state index contributed by atoms with van der Waals surface area (Å²) in [7, 11) is 1.51. The van der Waals surface area contributed by atoms with Gasteiger partial charge in [-0.3, -0.25) is 14.9 Å². The molecule has 0 atom stereocenters. The van der Waals surface area contributed by atoms with Gasteiger partial charge in [0.1, 0.15) is 28.9 Å². The third-order valence-electron chi connectivity index (χ3n) is 4.67. The van der Waals surface area contributed by atoms with Crippen LogP contribution < -0.4 is 14.9 Å². The second-order valence-corrected chi connectivity index (χ2v) is 6.50. The van der Waals surface area contributed by atoms with Crippen molar-refractivity contribution < 1.29 is 23.6 Å². The third-order valence-corrected chi connectivity index (χ3v) is 4.67. The van der Waals surface area contributed by atoms with Gasteiger partial charge < -0.3 is 13.9 Å². The Labute approximate surface area is 175 Å². The molecule has 1 aromatic heterocycles. The molecule has 1 heterocycles. The normalized spacial score (nSPS) is 10.6. The Morgan fingerprint density at radius 2 is 1.74 bits per heavy atom. The molecule has 0 spiro atoms. The third kappa shape index (κ3) is 3.74. The van der Waals surface area contributed by atoms with Crippen LogP contribution in [0.2, 0.25) is 0 Å². The van der Waals surface area contributed by atoms with E-state index in [1.165, 1.54) is 55.8 Å². The molecular formula is C23H15NO7. The molecule has 0 radical (unpaired) electrons. The summed E-state index contributed by atoms with van der Waals surface area (Å²) in [5.41, 5.74) is 0.308. The fraction of sp³-hybridized carbons (Fsp3) is 0.0435. The molecule has 0 N–H and O–H groups in total. The smallest absolute Gasteiger partial charge is 0.350 e. The zero-order valence-electron chi connectivity index (χ0n) is 16.2. The minimum Gasteiger partial charge on any atom is -0.496 e. The molecule has 0 saturated heterocycles. The Morgan fingerprint density at radius 3 is 2.52 bits per heavy atom. The number of nitrogens with zero attached hydrogens (tertiary/aromatic N) is 1. The van der Waals surface area contributed by atoms with Crippen LogP contribution in [0.4, 0.5) is 5.69 Å². The molecule has 0 aliphatic heterocycles. The number of fused-ring (bicyclic) bond motifs is 1. The number of rotatable bonds is 5. The number of nitro groups is 1. The van der Waals surface area contributed by atoms with Gasteiger partial charge in [-0.25, -0.2) is 4.79 Å². The molecule has 0 amide bonds. The number of hydrogen-bond donors (Lipinski definition) is 0. The summed E-state index contributed by atoms with van der Waals surface area (Å²) in [6.07, 6.45) is 1.32. The first-order valence-corrected chi connectivity index (χ1v) is 9.14. The van der Waals surface area contributed by atoms with E-state index in [1.807, 2.05) is 0 Å². The minimum atomic E-state index is -0.889. The predicted molar refractivity (Wildman–Crippen MR) is 113 cm³/mol. The summed E-state index contributed by atoms with van der Waals surface area (Å²) in [5.74, 6) is -0.271. The largest absolute Gasteiger partial charge is 0.496 e. The first-order chi connectivity index (χ1) is 15.0. The molecule has 8 nitrogen and oxygen atoms in total. The maximum absolute atomic E-state index is 13.0. The predicted octanol–water partition coefficient (Wildman–Crippen LogP) is 4.60. The molecule has 0 saturated carbocycles. The van der Waals surface area contributed by atoms with Gasteiger partial charge in [0.15, 0.2) is 0 Å². The van der Waals surface area contributed by atoms with Gasteiger partial charge in [0.2, 0.25) is 5.43 Å². The molecule has 0 unspecified atom stereocenters. The molecule has 154 valence electrons. The topological polar surface area (TPSA) is 109 Å². The van der Waals surface area contributed by atoms with Crippen LogP contribution in [0.15, 0.2) is 82.2 Å². The van der Waals surface area contributed by atoms with Gasteiger partial charge in [-0.1, -0.05) is 30.3 Å². The second kappa shape index (κ2) is 8.11. The average molecular weight is 417 g/mol. The number of carbonyl (C=O) groups excluding carboxylic acids is 1. The van der Waals surface area contributed by atoms with Crippen LogP contribution in [0, 0.1) is 10.1 Å². The second-order valence-electron chi connectivity index (χ2n) is 6.50.